The van der Waals surface area contributed by atoms with E-state index in [1.165, 1.54) is 11.5 Å². The summed E-state index contributed by atoms with van der Waals surface area (Å²) in [4.78, 5) is 4.17. The van der Waals surface area contributed by atoms with Gasteiger partial charge in [-0.05, 0) is 24.3 Å². The summed E-state index contributed by atoms with van der Waals surface area (Å²) < 4.78 is 29.6. The van der Waals surface area contributed by atoms with Crippen LogP contribution in [0.3, 0.4) is 0 Å². The van der Waals surface area contributed by atoms with Gasteiger partial charge >= 0.3 is 0 Å². The third kappa shape index (κ3) is 2.25. The number of fused-ring (bicyclic) bond motifs is 1. The molecule has 0 radical (unpaired) electrons. The molecule has 2 N–H and O–H groups in total. The van der Waals surface area contributed by atoms with Gasteiger partial charge in [0, 0.05) is 28.4 Å². The van der Waals surface area contributed by atoms with Gasteiger partial charge in [0.25, 0.3) is 0 Å². The third-order valence-corrected chi connectivity index (χ3v) is 4.53. The summed E-state index contributed by atoms with van der Waals surface area (Å²) in [6.45, 7) is 0.168. The molecule has 0 saturated heterocycles. The fraction of sp³-hybridized carbons (Fsp3) is 0.0714. The Hall–Kier alpha value is -2.34. The number of benzene rings is 1. The van der Waals surface area contributed by atoms with Gasteiger partial charge in [-0.2, -0.15) is 0 Å². The molecule has 20 heavy (non-hydrogen) atoms. The minimum atomic E-state index is -3.42. The minimum Gasteiger partial charge on any atom is -0.487 e. The number of aromatic nitrogens is 1. The van der Waals surface area contributed by atoms with Crippen molar-refractivity contribution in [3.63, 3.8) is 0 Å². The number of nitrogens with two attached hydrogens (primary N) is 1. The first-order valence-corrected chi connectivity index (χ1v) is 7.49. The van der Waals surface area contributed by atoms with Crippen molar-refractivity contribution in [1.29, 1.82) is 0 Å². The monoisotopic (exact) mass is 288 g/mol. The number of ether oxygens (including phenoxy) is 1. The summed E-state index contributed by atoms with van der Waals surface area (Å²) in [7, 11) is -3.42. The van der Waals surface area contributed by atoms with E-state index in [2.05, 4.69) is 4.98 Å². The molecule has 1 aliphatic rings. The Morgan fingerprint density at radius 2 is 2.10 bits per heavy atom. The van der Waals surface area contributed by atoms with Crippen molar-refractivity contribution in [2.75, 3.05) is 12.3 Å². The Balaban J connectivity index is 1.89. The van der Waals surface area contributed by atoms with Gasteiger partial charge in [-0.15, -0.1) is 0 Å². The standard InChI is InChI=1S/C14H12N2O3S/c15-11-3-4-13-10(9-20(17,18)14(13)6-11)8-19-12-2-1-5-16-7-12/h1-7,9H,8,15H2. The van der Waals surface area contributed by atoms with Crippen molar-refractivity contribution < 1.29 is 13.2 Å². The first-order valence-electron chi connectivity index (χ1n) is 5.95. The molecule has 2 heterocycles. The van der Waals surface area contributed by atoms with Gasteiger partial charge in [-0.3, -0.25) is 4.98 Å². The number of anilines is 1. The van der Waals surface area contributed by atoms with Crippen LogP contribution in [0.25, 0.3) is 5.57 Å². The molecule has 5 nitrogen and oxygen atoms in total. The first kappa shape index (κ1) is 12.7. The smallest absolute Gasteiger partial charge is 0.200 e. The molecule has 0 atom stereocenters. The SMILES string of the molecule is Nc1ccc2c(c1)S(=O)(=O)C=C2COc1cccnc1. The second kappa shape index (κ2) is 4.64. The fourth-order valence-electron chi connectivity index (χ4n) is 2.06. The molecular weight excluding hydrogens is 276 g/mol. The lowest BCUT2D eigenvalue weighted by Crippen LogP contribution is -2.00. The molecule has 0 amide bonds. The summed E-state index contributed by atoms with van der Waals surface area (Å²) >= 11 is 0. The van der Waals surface area contributed by atoms with Crippen LogP contribution in [0.15, 0.2) is 53.0 Å². The Morgan fingerprint density at radius 3 is 2.85 bits per heavy atom. The predicted octanol–water partition coefficient (Wildman–Crippen LogP) is 1.87. The average Bonchev–Trinajstić information content (AvgIpc) is 2.69. The number of sulfone groups is 1. The highest BCUT2D eigenvalue weighted by Crippen LogP contribution is 2.34. The maximum atomic E-state index is 12.0. The summed E-state index contributed by atoms with van der Waals surface area (Å²) in [5, 5.41) is 1.23. The van der Waals surface area contributed by atoms with E-state index >= 15 is 0 Å². The molecule has 0 spiro atoms. The molecule has 0 unspecified atom stereocenters. The normalized spacial score (nSPS) is 15.5. The van der Waals surface area contributed by atoms with Crippen molar-refractivity contribution in [3.8, 4) is 5.75 Å². The highest BCUT2D eigenvalue weighted by molar-refractivity contribution is 7.95. The minimum absolute atomic E-state index is 0.168. The number of rotatable bonds is 3. The van der Waals surface area contributed by atoms with E-state index < -0.39 is 9.84 Å². The van der Waals surface area contributed by atoms with Crippen LogP contribution in [-0.4, -0.2) is 20.0 Å². The van der Waals surface area contributed by atoms with E-state index in [4.69, 9.17) is 10.5 Å². The molecule has 6 heteroatoms. The molecular formula is C14H12N2O3S. The number of pyridine rings is 1. The summed E-state index contributed by atoms with van der Waals surface area (Å²) in [5.41, 5.74) is 7.32. The third-order valence-electron chi connectivity index (χ3n) is 2.98. The molecule has 1 aromatic carbocycles. The van der Waals surface area contributed by atoms with Gasteiger partial charge < -0.3 is 10.5 Å². The van der Waals surface area contributed by atoms with Crippen LogP contribution < -0.4 is 10.5 Å². The molecule has 0 aliphatic carbocycles. The van der Waals surface area contributed by atoms with Gasteiger partial charge in [-0.25, -0.2) is 8.42 Å². The van der Waals surface area contributed by atoms with Gasteiger partial charge in [0.1, 0.15) is 12.4 Å². The largest absolute Gasteiger partial charge is 0.487 e. The van der Waals surface area contributed by atoms with Gasteiger partial charge in [0.2, 0.25) is 9.84 Å². The maximum absolute atomic E-state index is 12.0. The van der Waals surface area contributed by atoms with Crippen LogP contribution in [0.5, 0.6) is 5.75 Å². The van der Waals surface area contributed by atoms with Crippen LogP contribution in [0, 0.1) is 0 Å². The van der Waals surface area contributed by atoms with Gasteiger partial charge in [-0.1, -0.05) is 6.07 Å². The second-order valence-electron chi connectivity index (χ2n) is 4.42. The fourth-order valence-corrected chi connectivity index (χ4v) is 3.56. The molecule has 1 aliphatic heterocycles. The Kier molecular flexibility index (Phi) is 2.94. The lowest BCUT2D eigenvalue weighted by Gasteiger charge is -2.07. The van der Waals surface area contributed by atoms with Crippen molar-refractivity contribution in [1.82, 2.24) is 4.98 Å². The average molecular weight is 288 g/mol. The lowest BCUT2D eigenvalue weighted by atomic mass is 10.1. The van der Waals surface area contributed by atoms with E-state index in [9.17, 15) is 8.42 Å². The predicted molar refractivity (Wildman–Crippen MR) is 75.7 cm³/mol. The van der Waals surface area contributed by atoms with Gasteiger partial charge in [0.05, 0.1) is 11.1 Å². The van der Waals surface area contributed by atoms with Crippen molar-refractivity contribution in [2.45, 2.75) is 4.90 Å². The van der Waals surface area contributed by atoms with Crippen molar-refractivity contribution in [3.05, 3.63) is 53.7 Å². The Bertz CT molecular complexity index is 783. The number of nitrogen functional groups attached to an aromatic ring is 1. The van der Waals surface area contributed by atoms with E-state index in [1.807, 2.05) is 0 Å². The van der Waals surface area contributed by atoms with Crippen LogP contribution in [0.2, 0.25) is 0 Å². The molecule has 0 saturated carbocycles. The molecule has 0 fully saturated rings. The van der Waals surface area contributed by atoms with Crippen LogP contribution in [0.1, 0.15) is 5.56 Å². The summed E-state index contributed by atoms with van der Waals surface area (Å²) in [6.07, 6.45) is 3.22. The molecule has 1 aromatic heterocycles. The zero-order valence-electron chi connectivity index (χ0n) is 10.5. The highest BCUT2D eigenvalue weighted by Gasteiger charge is 2.27. The quantitative estimate of drug-likeness (QED) is 0.872. The second-order valence-corrected chi connectivity index (χ2v) is 6.19. The highest BCUT2D eigenvalue weighted by atomic mass is 32.2. The van der Waals surface area contributed by atoms with Crippen LogP contribution >= 0.6 is 0 Å². The van der Waals surface area contributed by atoms with E-state index in [0.29, 0.717) is 22.6 Å². The molecule has 2 aromatic rings. The Morgan fingerprint density at radius 1 is 1.25 bits per heavy atom. The number of hydrogen-bond acceptors (Lipinski definition) is 5. The first-order chi connectivity index (χ1) is 9.56. The molecule has 0 bridgehead atoms. The van der Waals surface area contributed by atoms with Crippen LogP contribution in [0.4, 0.5) is 5.69 Å². The number of nitrogens with zero attached hydrogens (tertiary/aromatic N) is 1. The van der Waals surface area contributed by atoms with Crippen LogP contribution in [-0.2, 0) is 9.84 Å². The molecule has 3 rings (SSSR count). The van der Waals surface area contributed by atoms with E-state index in [0.717, 1.165) is 0 Å². The molecule has 102 valence electrons. The Labute approximate surface area is 116 Å². The maximum Gasteiger partial charge on any atom is 0.200 e. The van der Waals surface area contributed by atoms with Gasteiger partial charge in [0.15, 0.2) is 0 Å². The lowest BCUT2D eigenvalue weighted by molar-refractivity contribution is 0.368. The topological polar surface area (TPSA) is 82.3 Å². The van der Waals surface area contributed by atoms with Crippen molar-refractivity contribution >= 4 is 21.1 Å². The number of hydrogen-bond donors (Lipinski definition) is 1. The van der Waals surface area contributed by atoms with Crippen molar-refractivity contribution in [2.24, 2.45) is 0 Å². The van der Waals surface area contributed by atoms with E-state index in [-0.39, 0.29) is 11.5 Å². The zero-order valence-corrected chi connectivity index (χ0v) is 11.3. The zero-order chi connectivity index (χ0) is 14.2. The van der Waals surface area contributed by atoms with E-state index in [1.54, 1.807) is 36.7 Å². The summed E-state index contributed by atoms with van der Waals surface area (Å²) in [6, 6.07) is 8.37. The summed E-state index contributed by atoms with van der Waals surface area (Å²) in [5.74, 6) is 0.592.